The summed E-state index contributed by atoms with van der Waals surface area (Å²) in [6, 6.07) is 20.8. The minimum absolute atomic E-state index is 0.103. The van der Waals surface area contributed by atoms with Crippen molar-refractivity contribution in [1.29, 1.82) is 0 Å². The number of nitro benzene ring substituents is 1. The van der Waals surface area contributed by atoms with Crippen LogP contribution >= 0.6 is 0 Å². The second kappa shape index (κ2) is 7.92. The number of anilines is 2. The average molecular weight is 361 g/mol. The first-order valence-corrected chi connectivity index (χ1v) is 8.06. The Morgan fingerprint density at radius 1 is 0.741 bits per heavy atom. The van der Waals surface area contributed by atoms with Crippen molar-refractivity contribution < 1.29 is 14.5 Å². The van der Waals surface area contributed by atoms with Gasteiger partial charge in [0.25, 0.3) is 17.5 Å². The molecule has 3 aromatic rings. The number of hydrogen-bond donors (Lipinski definition) is 2. The Hall–Kier alpha value is -4.00. The van der Waals surface area contributed by atoms with Gasteiger partial charge in [-0.05, 0) is 36.4 Å². The monoisotopic (exact) mass is 361 g/mol. The molecule has 0 unspecified atom stereocenters. The Balaban J connectivity index is 1.78. The van der Waals surface area contributed by atoms with Gasteiger partial charge in [-0.25, -0.2) is 0 Å². The van der Waals surface area contributed by atoms with Crippen molar-refractivity contribution in [2.24, 2.45) is 0 Å². The third-order valence-electron chi connectivity index (χ3n) is 3.79. The molecule has 0 fully saturated rings. The van der Waals surface area contributed by atoms with Gasteiger partial charge in [-0.1, -0.05) is 30.3 Å². The van der Waals surface area contributed by atoms with Gasteiger partial charge < -0.3 is 10.6 Å². The maximum atomic E-state index is 12.5. The Bertz CT molecular complexity index is 986. The second-order valence-corrected chi connectivity index (χ2v) is 5.62. The van der Waals surface area contributed by atoms with Gasteiger partial charge in [-0.2, -0.15) is 0 Å². The van der Waals surface area contributed by atoms with Crippen molar-refractivity contribution in [1.82, 2.24) is 0 Å². The summed E-state index contributed by atoms with van der Waals surface area (Å²) in [7, 11) is 0. The molecule has 0 aliphatic heterocycles. The number of nitrogens with one attached hydrogen (secondary N) is 2. The fraction of sp³-hybridized carbons (Fsp3) is 0. The molecular formula is C20H15N3O4. The number of rotatable bonds is 5. The summed E-state index contributed by atoms with van der Waals surface area (Å²) in [6.07, 6.45) is 0. The molecule has 0 saturated heterocycles. The van der Waals surface area contributed by atoms with Crippen LogP contribution in [0.5, 0.6) is 0 Å². The van der Waals surface area contributed by atoms with Crippen LogP contribution in [0.4, 0.5) is 17.1 Å². The normalized spacial score (nSPS) is 10.1. The molecule has 0 radical (unpaired) electrons. The highest BCUT2D eigenvalue weighted by Crippen LogP contribution is 2.19. The highest BCUT2D eigenvalue weighted by molar-refractivity contribution is 6.12. The number of nitro groups is 1. The summed E-state index contributed by atoms with van der Waals surface area (Å²) in [6.45, 7) is 0. The van der Waals surface area contributed by atoms with Gasteiger partial charge in [0.05, 0.1) is 16.2 Å². The second-order valence-electron chi connectivity index (χ2n) is 5.62. The molecule has 0 bridgehead atoms. The number of benzene rings is 3. The zero-order valence-corrected chi connectivity index (χ0v) is 14.1. The van der Waals surface area contributed by atoms with Crippen LogP contribution in [0.15, 0.2) is 78.9 Å². The Labute approximate surface area is 154 Å². The summed E-state index contributed by atoms with van der Waals surface area (Å²) in [5.41, 5.74) is 1.43. The number of carbonyl (C=O) groups is 2. The van der Waals surface area contributed by atoms with Gasteiger partial charge >= 0.3 is 0 Å². The summed E-state index contributed by atoms with van der Waals surface area (Å²) in [4.78, 5) is 35.1. The molecule has 0 atom stereocenters. The van der Waals surface area contributed by atoms with Crippen molar-refractivity contribution in [2.75, 3.05) is 10.6 Å². The van der Waals surface area contributed by atoms with Gasteiger partial charge in [-0.15, -0.1) is 0 Å². The van der Waals surface area contributed by atoms with Crippen LogP contribution in [0.3, 0.4) is 0 Å². The molecule has 0 aromatic heterocycles. The van der Waals surface area contributed by atoms with E-state index in [1.807, 2.05) is 6.07 Å². The molecule has 134 valence electrons. The van der Waals surface area contributed by atoms with Gasteiger partial charge in [-0.3, -0.25) is 19.7 Å². The topological polar surface area (TPSA) is 101 Å². The third-order valence-corrected chi connectivity index (χ3v) is 3.79. The van der Waals surface area contributed by atoms with Crippen molar-refractivity contribution in [3.05, 3.63) is 100 Å². The third kappa shape index (κ3) is 4.35. The van der Waals surface area contributed by atoms with Crippen LogP contribution in [-0.2, 0) is 0 Å². The molecule has 0 saturated carbocycles. The van der Waals surface area contributed by atoms with E-state index in [0.717, 1.165) is 0 Å². The summed E-state index contributed by atoms with van der Waals surface area (Å²) >= 11 is 0. The number of carbonyl (C=O) groups excluding carboxylic acids is 2. The quantitative estimate of drug-likeness (QED) is 0.527. The summed E-state index contributed by atoms with van der Waals surface area (Å²) in [5, 5.41) is 16.1. The van der Waals surface area contributed by atoms with Crippen LogP contribution < -0.4 is 10.6 Å². The lowest BCUT2D eigenvalue weighted by atomic mass is 10.1. The van der Waals surface area contributed by atoms with E-state index in [2.05, 4.69) is 10.6 Å². The zero-order chi connectivity index (χ0) is 19.2. The van der Waals surface area contributed by atoms with Crippen LogP contribution in [0.2, 0.25) is 0 Å². The lowest BCUT2D eigenvalue weighted by Crippen LogP contribution is -2.18. The fourth-order valence-corrected chi connectivity index (χ4v) is 2.44. The number of amides is 2. The number of hydrogen-bond acceptors (Lipinski definition) is 4. The molecule has 7 heteroatoms. The van der Waals surface area contributed by atoms with Gasteiger partial charge in [0.2, 0.25) is 0 Å². The van der Waals surface area contributed by atoms with Crippen molar-refractivity contribution in [3.8, 4) is 0 Å². The van der Waals surface area contributed by atoms with E-state index >= 15 is 0 Å². The molecule has 27 heavy (non-hydrogen) atoms. The van der Waals surface area contributed by atoms with E-state index in [4.69, 9.17) is 0 Å². The minimum Gasteiger partial charge on any atom is -0.322 e. The Morgan fingerprint density at radius 3 is 2.04 bits per heavy atom. The molecule has 2 N–H and O–H groups in total. The maximum Gasteiger partial charge on any atom is 0.269 e. The lowest BCUT2D eigenvalue weighted by Gasteiger charge is -2.11. The van der Waals surface area contributed by atoms with Crippen LogP contribution in [0.25, 0.3) is 0 Å². The van der Waals surface area contributed by atoms with Crippen LogP contribution in [0.1, 0.15) is 20.7 Å². The lowest BCUT2D eigenvalue weighted by molar-refractivity contribution is -0.384. The SMILES string of the molecule is O=C(Nc1ccccc1C(=O)Nc1ccccc1)c1ccc([N+](=O)[O-])cc1. The molecular weight excluding hydrogens is 346 g/mol. The molecule has 3 aromatic carbocycles. The molecule has 2 amide bonds. The first kappa shape index (κ1) is 17.8. The highest BCUT2D eigenvalue weighted by Gasteiger charge is 2.15. The first-order chi connectivity index (χ1) is 13.0. The minimum atomic E-state index is -0.537. The van der Waals surface area contributed by atoms with Gasteiger partial charge in [0.15, 0.2) is 0 Å². The maximum absolute atomic E-state index is 12.5. The molecule has 0 heterocycles. The van der Waals surface area contributed by atoms with Crippen molar-refractivity contribution in [2.45, 2.75) is 0 Å². The van der Waals surface area contributed by atoms with E-state index < -0.39 is 10.8 Å². The number of nitrogens with zero attached hydrogens (tertiary/aromatic N) is 1. The molecule has 3 rings (SSSR count). The molecule has 7 nitrogen and oxygen atoms in total. The largest absolute Gasteiger partial charge is 0.322 e. The first-order valence-electron chi connectivity index (χ1n) is 8.06. The van der Waals surface area contributed by atoms with E-state index in [1.165, 1.54) is 24.3 Å². The predicted octanol–water partition coefficient (Wildman–Crippen LogP) is 4.10. The number of para-hydroxylation sites is 2. The predicted molar refractivity (Wildman–Crippen MR) is 102 cm³/mol. The van der Waals surface area contributed by atoms with E-state index in [0.29, 0.717) is 16.9 Å². The van der Waals surface area contributed by atoms with E-state index in [9.17, 15) is 19.7 Å². The van der Waals surface area contributed by atoms with E-state index in [-0.39, 0.29) is 17.2 Å². The Morgan fingerprint density at radius 2 is 1.37 bits per heavy atom. The Kier molecular flexibility index (Phi) is 5.22. The molecule has 0 aliphatic carbocycles. The van der Waals surface area contributed by atoms with Crippen molar-refractivity contribution >= 4 is 28.9 Å². The highest BCUT2D eigenvalue weighted by atomic mass is 16.6. The van der Waals surface area contributed by atoms with Crippen LogP contribution in [-0.4, -0.2) is 16.7 Å². The average Bonchev–Trinajstić information content (AvgIpc) is 2.69. The van der Waals surface area contributed by atoms with Crippen LogP contribution in [0, 0.1) is 10.1 Å². The zero-order valence-electron chi connectivity index (χ0n) is 14.1. The van der Waals surface area contributed by atoms with Crippen molar-refractivity contribution in [3.63, 3.8) is 0 Å². The molecule has 0 aliphatic rings. The van der Waals surface area contributed by atoms with Gasteiger partial charge in [0, 0.05) is 23.4 Å². The summed E-state index contributed by atoms with van der Waals surface area (Å²) < 4.78 is 0. The fourth-order valence-electron chi connectivity index (χ4n) is 2.44. The van der Waals surface area contributed by atoms with E-state index in [1.54, 1.807) is 48.5 Å². The summed E-state index contributed by atoms with van der Waals surface area (Å²) in [5.74, 6) is -0.828. The smallest absolute Gasteiger partial charge is 0.269 e. The molecule has 0 spiro atoms. The van der Waals surface area contributed by atoms with Gasteiger partial charge in [0.1, 0.15) is 0 Å². The number of non-ortho nitro benzene ring substituents is 1. The standard InChI is InChI=1S/C20H15N3O4/c24-19(14-10-12-16(13-11-14)23(26)27)22-18-9-5-4-8-17(18)20(25)21-15-6-2-1-3-7-15/h1-13H,(H,21,25)(H,22,24).